The highest BCUT2D eigenvalue weighted by Gasteiger charge is 2.27. The van der Waals surface area contributed by atoms with E-state index in [-0.39, 0.29) is 12.5 Å². The lowest BCUT2D eigenvalue weighted by molar-refractivity contribution is 0.0473. The van der Waals surface area contributed by atoms with Gasteiger partial charge in [0, 0.05) is 25.3 Å². The van der Waals surface area contributed by atoms with Crippen molar-refractivity contribution < 1.29 is 9.90 Å². The molecular formula is C13H20N2O2. The Bertz CT molecular complexity index is 385. The Balaban J connectivity index is 2.89. The zero-order valence-corrected chi connectivity index (χ0v) is 10.8. The molecule has 0 aliphatic carbocycles. The first-order valence-electron chi connectivity index (χ1n) is 5.59. The van der Waals surface area contributed by atoms with E-state index in [0.29, 0.717) is 5.56 Å². The number of hydrogen-bond donors (Lipinski definition) is 2. The van der Waals surface area contributed by atoms with Gasteiger partial charge in [0.25, 0.3) is 5.91 Å². The summed E-state index contributed by atoms with van der Waals surface area (Å²) in [6, 6.07) is 7.26. The zero-order valence-electron chi connectivity index (χ0n) is 10.8. The van der Waals surface area contributed by atoms with Crippen LogP contribution in [0.5, 0.6) is 0 Å². The topological polar surface area (TPSA) is 52.6 Å². The number of nitrogens with one attached hydrogen (secondary N) is 1. The molecule has 0 atom stereocenters. The third-order valence-corrected chi connectivity index (χ3v) is 3.02. The molecule has 0 unspecified atom stereocenters. The van der Waals surface area contributed by atoms with E-state index in [1.165, 1.54) is 0 Å². The molecule has 4 heteroatoms. The van der Waals surface area contributed by atoms with Gasteiger partial charge in [-0.25, -0.2) is 0 Å². The lowest BCUT2D eigenvalue weighted by atomic mass is 10.0. The SMILES string of the molecule is CNc1ccc(C(=O)N(C)C(C)(C)CO)cc1. The van der Waals surface area contributed by atoms with Crippen molar-refractivity contribution in [3.05, 3.63) is 29.8 Å². The quantitative estimate of drug-likeness (QED) is 0.834. The molecule has 4 nitrogen and oxygen atoms in total. The van der Waals surface area contributed by atoms with E-state index in [0.717, 1.165) is 5.69 Å². The van der Waals surface area contributed by atoms with Crippen LogP contribution in [0.4, 0.5) is 5.69 Å². The van der Waals surface area contributed by atoms with Crippen molar-refractivity contribution in [1.29, 1.82) is 0 Å². The van der Waals surface area contributed by atoms with Crippen molar-refractivity contribution in [1.82, 2.24) is 4.90 Å². The van der Waals surface area contributed by atoms with Gasteiger partial charge >= 0.3 is 0 Å². The van der Waals surface area contributed by atoms with E-state index in [4.69, 9.17) is 0 Å². The summed E-state index contributed by atoms with van der Waals surface area (Å²) in [5.41, 5.74) is 1.03. The van der Waals surface area contributed by atoms with Crippen LogP contribution in [0, 0.1) is 0 Å². The normalized spacial score (nSPS) is 11.1. The minimum atomic E-state index is -0.557. The zero-order chi connectivity index (χ0) is 13.1. The predicted molar refractivity (Wildman–Crippen MR) is 69.2 cm³/mol. The Hall–Kier alpha value is -1.55. The summed E-state index contributed by atoms with van der Waals surface area (Å²) in [7, 11) is 3.53. The minimum absolute atomic E-state index is 0.0656. The van der Waals surface area contributed by atoms with Crippen LogP contribution in [0.1, 0.15) is 24.2 Å². The number of amides is 1. The second-order valence-electron chi connectivity index (χ2n) is 4.66. The number of anilines is 1. The summed E-state index contributed by atoms with van der Waals surface area (Å²) < 4.78 is 0. The largest absolute Gasteiger partial charge is 0.394 e. The van der Waals surface area contributed by atoms with E-state index in [1.807, 2.05) is 33.0 Å². The van der Waals surface area contributed by atoms with E-state index in [2.05, 4.69) is 5.32 Å². The highest BCUT2D eigenvalue weighted by atomic mass is 16.3. The molecule has 94 valence electrons. The summed E-state index contributed by atoms with van der Waals surface area (Å²) in [5, 5.41) is 12.2. The Morgan fingerprint density at radius 2 is 1.88 bits per heavy atom. The summed E-state index contributed by atoms with van der Waals surface area (Å²) in [6.45, 7) is 3.59. The first kappa shape index (κ1) is 13.5. The summed E-state index contributed by atoms with van der Waals surface area (Å²) >= 11 is 0. The smallest absolute Gasteiger partial charge is 0.254 e. The molecule has 0 fully saturated rings. The first-order chi connectivity index (χ1) is 7.92. The van der Waals surface area contributed by atoms with E-state index >= 15 is 0 Å². The van der Waals surface area contributed by atoms with Gasteiger partial charge in [-0.15, -0.1) is 0 Å². The Labute approximate surface area is 102 Å². The fourth-order valence-corrected chi connectivity index (χ4v) is 1.35. The number of rotatable bonds is 4. The lowest BCUT2D eigenvalue weighted by Gasteiger charge is -2.34. The number of aliphatic hydroxyl groups is 1. The standard InChI is InChI=1S/C13H20N2O2/c1-13(2,9-16)15(4)12(17)10-5-7-11(14-3)8-6-10/h5-8,14,16H,9H2,1-4H3. The van der Waals surface area contributed by atoms with Gasteiger partial charge in [0.05, 0.1) is 12.1 Å². The lowest BCUT2D eigenvalue weighted by Crippen LogP contribution is -2.47. The molecule has 0 saturated carbocycles. The van der Waals surface area contributed by atoms with Crippen molar-refractivity contribution in [2.24, 2.45) is 0 Å². The van der Waals surface area contributed by atoms with Crippen LogP contribution in [0.25, 0.3) is 0 Å². The van der Waals surface area contributed by atoms with Gasteiger partial charge < -0.3 is 15.3 Å². The molecule has 1 aromatic rings. The maximum absolute atomic E-state index is 12.1. The van der Waals surface area contributed by atoms with Crippen LogP contribution in [-0.2, 0) is 0 Å². The maximum atomic E-state index is 12.1. The Morgan fingerprint density at radius 3 is 2.29 bits per heavy atom. The van der Waals surface area contributed by atoms with Gasteiger partial charge in [0.15, 0.2) is 0 Å². The van der Waals surface area contributed by atoms with Crippen LogP contribution < -0.4 is 5.32 Å². The van der Waals surface area contributed by atoms with Gasteiger partial charge in [0.1, 0.15) is 0 Å². The van der Waals surface area contributed by atoms with Gasteiger partial charge in [-0.3, -0.25) is 4.79 Å². The highest BCUT2D eigenvalue weighted by Crippen LogP contribution is 2.16. The van der Waals surface area contributed by atoms with E-state index in [9.17, 15) is 9.90 Å². The predicted octanol–water partition coefficient (Wildman–Crippen LogP) is 1.57. The number of hydrogen-bond acceptors (Lipinski definition) is 3. The molecule has 2 N–H and O–H groups in total. The van der Waals surface area contributed by atoms with Crippen molar-refractivity contribution in [2.75, 3.05) is 26.0 Å². The van der Waals surface area contributed by atoms with Crippen molar-refractivity contribution >= 4 is 11.6 Å². The van der Waals surface area contributed by atoms with Gasteiger partial charge in [-0.2, -0.15) is 0 Å². The third kappa shape index (κ3) is 2.97. The van der Waals surface area contributed by atoms with Crippen molar-refractivity contribution in [3.63, 3.8) is 0 Å². The van der Waals surface area contributed by atoms with Gasteiger partial charge in [-0.05, 0) is 38.1 Å². The molecule has 0 radical (unpaired) electrons. The molecule has 0 aromatic heterocycles. The summed E-state index contributed by atoms with van der Waals surface area (Å²) in [6.07, 6.45) is 0. The molecule has 1 aromatic carbocycles. The molecule has 0 saturated heterocycles. The maximum Gasteiger partial charge on any atom is 0.254 e. The fraction of sp³-hybridized carbons (Fsp3) is 0.462. The van der Waals surface area contributed by atoms with Crippen molar-refractivity contribution in [3.8, 4) is 0 Å². The average molecular weight is 236 g/mol. The molecule has 0 aliphatic rings. The number of benzene rings is 1. The number of carbonyl (C=O) groups excluding carboxylic acids is 1. The average Bonchev–Trinajstić information content (AvgIpc) is 2.37. The summed E-state index contributed by atoms with van der Waals surface area (Å²) in [4.78, 5) is 13.7. The van der Waals surface area contributed by atoms with E-state index < -0.39 is 5.54 Å². The van der Waals surface area contributed by atoms with Gasteiger partial charge in [0.2, 0.25) is 0 Å². The number of likely N-dealkylation sites (N-methyl/N-ethyl adjacent to an activating group) is 1. The minimum Gasteiger partial charge on any atom is -0.394 e. The summed E-state index contributed by atoms with van der Waals surface area (Å²) in [5.74, 6) is -0.0910. The second kappa shape index (κ2) is 5.19. The molecule has 0 spiro atoms. The Morgan fingerprint density at radius 1 is 1.35 bits per heavy atom. The molecular weight excluding hydrogens is 216 g/mol. The molecule has 0 aliphatic heterocycles. The van der Waals surface area contributed by atoms with E-state index in [1.54, 1.807) is 24.1 Å². The van der Waals surface area contributed by atoms with Crippen LogP contribution in [0.2, 0.25) is 0 Å². The first-order valence-corrected chi connectivity index (χ1v) is 5.59. The van der Waals surface area contributed by atoms with Crippen LogP contribution >= 0.6 is 0 Å². The molecule has 17 heavy (non-hydrogen) atoms. The van der Waals surface area contributed by atoms with Crippen molar-refractivity contribution in [2.45, 2.75) is 19.4 Å². The molecule has 1 rings (SSSR count). The molecule has 0 bridgehead atoms. The number of aliphatic hydroxyl groups excluding tert-OH is 1. The van der Waals surface area contributed by atoms with Crippen LogP contribution in [0.15, 0.2) is 24.3 Å². The number of nitrogens with zero attached hydrogens (tertiary/aromatic N) is 1. The fourth-order valence-electron chi connectivity index (χ4n) is 1.35. The monoisotopic (exact) mass is 236 g/mol. The van der Waals surface area contributed by atoms with Crippen LogP contribution in [0.3, 0.4) is 0 Å². The Kier molecular flexibility index (Phi) is 4.12. The molecule has 0 heterocycles. The van der Waals surface area contributed by atoms with Gasteiger partial charge in [-0.1, -0.05) is 0 Å². The number of carbonyl (C=O) groups is 1. The third-order valence-electron chi connectivity index (χ3n) is 3.02. The highest BCUT2D eigenvalue weighted by molar-refractivity contribution is 5.94. The second-order valence-corrected chi connectivity index (χ2v) is 4.66. The van der Waals surface area contributed by atoms with Crippen LogP contribution in [-0.4, -0.2) is 42.2 Å². The molecule has 1 amide bonds.